The zero-order chi connectivity index (χ0) is 10.9. The van der Waals surface area contributed by atoms with Crippen LogP contribution in [0.25, 0.3) is 0 Å². The van der Waals surface area contributed by atoms with Gasteiger partial charge in [0.15, 0.2) is 5.60 Å². The van der Waals surface area contributed by atoms with Gasteiger partial charge in [-0.25, -0.2) is 4.79 Å². The Hall–Kier alpha value is -1.29. The number of ether oxygens (including phenoxy) is 1. The van der Waals surface area contributed by atoms with E-state index in [4.69, 9.17) is 0 Å². The third-order valence-electron chi connectivity index (χ3n) is 2.44. The van der Waals surface area contributed by atoms with Crippen LogP contribution in [-0.2, 0) is 9.53 Å². The number of hydrogen-bond acceptors (Lipinski definition) is 4. The van der Waals surface area contributed by atoms with E-state index >= 15 is 0 Å². The van der Waals surface area contributed by atoms with Crippen molar-refractivity contribution in [2.24, 2.45) is 5.92 Å². The predicted octanol–water partition coefficient (Wildman–Crippen LogP) is 0.928. The van der Waals surface area contributed by atoms with E-state index in [1.165, 1.54) is 19.3 Å². The molecule has 1 rings (SSSR count). The van der Waals surface area contributed by atoms with E-state index in [-0.39, 0.29) is 5.76 Å². The average molecular weight is 198 g/mol. The topological polar surface area (TPSA) is 66.8 Å². The number of esters is 1. The summed E-state index contributed by atoms with van der Waals surface area (Å²) in [6, 6.07) is 0. The lowest BCUT2D eigenvalue weighted by Crippen LogP contribution is -2.46. The molecule has 0 amide bonds. The summed E-state index contributed by atoms with van der Waals surface area (Å²) in [4.78, 5) is 11.3. The summed E-state index contributed by atoms with van der Waals surface area (Å²) in [6.07, 6.45) is 2.91. The largest absolute Gasteiger partial charge is 0.512 e. The molecule has 1 aliphatic carbocycles. The predicted molar refractivity (Wildman–Crippen MR) is 50.6 cm³/mol. The van der Waals surface area contributed by atoms with Crippen molar-refractivity contribution in [1.82, 2.24) is 0 Å². The Morgan fingerprint density at radius 1 is 1.64 bits per heavy atom. The Morgan fingerprint density at radius 2 is 2.21 bits per heavy atom. The number of aliphatic hydroxyl groups excluding tert-OH is 1. The third-order valence-corrected chi connectivity index (χ3v) is 2.44. The average Bonchev–Trinajstić information content (AvgIpc) is 2.12. The molecule has 0 saturated carbocycles. The molecule has 0 spiro atoms. The summed E-state index contributed by atoms with van der Waals surface area (Å²) < 4.78 is 4.49. The van der Waals surface area contributed by atoms with E-state index in [9.17, 15) is 15.0 Å². The van der Waals surface area contributed by atoms with Crippen molar-refractivity contribution < 1.29 is 19.7 Å². The van der Waals surface area contributed by atoms with Crippen LogP contribution in [0.5, 0.6) is 0 Å². The first-order valence-corrected chi connectivity index (χ1v) is 4.32. The first-order valence-electron chi connectivity index (χ1n) is 4.32. The lowest BCUT2D eigenvalue weighted by molar-refractivity contribution is -0.161. The molecule has 2 unspecified atom stereocenters. The van der Waals surface area contributed by atoms with Crippen molar-refractivity contribution in [1.29, 1.82) is 0 Å². The quantitative estimate of drug-likeness (QED) is 0.615. The molecule has 1 aliphatic rings. The van der Waals surface area contributed by atoms with Gasteiger partial charge in [0.1, 0.15) is 0 Å². The minimum Gasteiger partial charge on any atom is -0.512 e. The molecule has 4 nitrogen and oxygen atoms in total. The van der Waals surface area contributed by atoms with Crippen LogP contribution < -0.4 is 0 Å². The summed E-state index contributed by atoms with van der Waals surface area (Å²) in [5, 5.41) is 19.5. The van der Waals surface area contributed by atoms with Crippen LogP contribution in [0.3, 0.4) is 0 Å². The monoisotopic (exact) mass is 198 g/mol. The van der Waals surface area contributed by atoms with Gasteiger partial charge in [0.25, 0.3) is 0 Å². The van der Waals surface area contributed by atoms with Crippen LogP contribution in [0, 0.1) is 5.92 Å². The van der Waals surface area contributed by atoms with Crippen LogP contribution >= 0.6 is 0 Å². The van der Waals surface area contributed by atoms with Gasteiger partial charge < -0.3 is 14.9 Å². The standard InChI is InChI=1S/C10H14O4/c1-6-4-8(11)7(2)10(13,5-6)9(12)14-3/h4-5,7,11,13H,1-3H3. The number of hydrogen-bond donors (Lipinski definition) is 2. The molecule has 2 N–H and O–H groups in total. The maximum Gasteiger partial charge on any atom is 0.342 e. The van der Waals surface area contributed by atoms with E-state index in [0.29, 0.717) is 5.57 Å². The van der Waals surface area contributed by atoms with Gasteiger partial charge >= 0.3 is 5.97 Å². The van der Waals surface area contributed by atoms with Gasteiger partial charge in [-0.1, -0.05) is 6.92 Å². The van der Waals surface area contributed by atoms with E-state index in [1.54, 1.807) is 13.8 Å². The molecule has 0 aromatic heterocycles. The fourth-order valence-electron chi connectivity index (χ4n) is 1.50. The highest BCUT2D eigenvalue weighted by Crippen LogP contribution is 2.31. The highest BCUT2D eigenvalue weighted by Gasteiger charge is 2.44. The molecule has 0 aromatic rings. The van der Waals surface area contributed by atoms with Crippen molar-refractivity contribution in [2.75, 3.05) is 7.11 Å². The summed E-state index contributed by atoms with van der Waals surface area (Å²) in [5.41, 5.74) is -1.12. The van der Waals surface area contributed by atoms with E-state index in [2.05, 4.69) is 4.74 Å². The van der Waals surface area contributed by atoms with Crippen molar-refractivity contribution in [3.63, 3.8) is 0 Å². The molecule has 0 bridgehead atoms. The highest BCUT2D eigenvalue weighted by atomic mass is 16.5. The van der Waals surface area contributed by atoms with Gasteiger partial charge in [-0.05, 0) is 24.6 Å². The number of carbonyl (C=O) groups excluding carboxylic acids is 1. The minimum atomic E-state index is -1.75. The smallest absolute Gasteiger partial charge is 0.342 e. The van der Waals surface area contributed by atoms with Crippen molar-refractivity contribution in [3.8, 4) is 0 Å². The molecule has 0 radical (unpaired) electrons. The van der Waals surface area contributed by atoms with Crippen LogP contribution in [0.15, 0.2) is 23.5 Å². The van der Waals surface area contributed by atoms with Gasteiger partial charge in [-0.15, -0.1) is 0 Å². The minimum absolute atomic E-state index is 0.0158. The van der Waals surface area contributed by atoms with Crippen molar-refractivity contribution >= 4 is 5.97 Å². The maximum absolute atomic E-state index is 11.3. The summed E-state index contributed by atoms with van der Waals surface area (Å²) in [7, 11) is 1.20. The SMILES string of the molecule is COC(=O)C1(O)C=C(C)C=C(O)C1C. The molecule has 0 aromatic carbocycles. The van der Waals surface area contributed by atoms with Gasteiger partial charge in [0.2, 0.25) is 0 Å². The molecule has 0 aliphatic heterocycles. The lowest BCUT2D eigenvalue weighted by Gasteiger charge is -2.31. The Kier molecular flexibility index (Phi) is 2.66. The van der Waals surface area contributed by atoms with Crippen LogP contribution in [0.2, 0.25) is 0 Å². The first-order chi connectivity index (χ1) is 6.41. The van der Waals surface area contributed by atoms with Gasteiger partial charge in [-0.2, -0.15) is 0 Å². The van der Waals surface area contributed by atoms with Crippen LogP contribution in [-0.4, -0.2) is 28.9 Å². The highest BCUT2D eigenvalue weighted by molar-refractivity contribution is 5.83. The maximum atomic E-state index is 11.3. The summed E-state index contributed by atoms with van der Waals surface area (Å²) in [6.45, 7) is 3.25. The second-order valence-corrected chi connectivity index (χ2v) is 3.50. The normalized spacial score (nSPS) is 31.9. The molecule has 78 valence electrons. The van der Waals surface area contributed by atoms with Gasteiger partial charge in [0.05, 0.1) is 18.8 Å². The molecular weight excluding hydrogens is 184 g/mol. The zero-order valence-electron chi connectivity index (χ0n) is 8.44. The van der Waals surface area contributed by atoms with E-state index < -0.39 is 17.5 Å². The fraction of sp³-hybridized carbons (Fsp3) is 0.500. The number of carbonyl (C=O) groups is 1. The van der Waals surface area contributed by atoms with Crippen LogP contribution in [0.1, 0.15) is 13.8 Å². The molecule has 2 atom stereocenters. The Labute approximate surface area is 82.5 Å². The fourth-order valence-corrected chi connectivity index (χ4v) is 1.50. The molecule has 0 fully saturated rings. The Balaban J connectivity index is 3.12. The number of rotatable bonds is 1. The van der Waals surface area contributed by atoms with E-state index in [0.717, 1.165) is 0 Å². The number of allylic oxidation sites excluding steroid dienone is 2. The molecule has 4 heteroatoms. The zero-order valence-corrected chi connectivity index (χ0v) is 8.44. The summed E-state index contributed by atoms with van der Waals surface area (Å²) in [5.74, 6) is -1.46. The molecule has 0 saturated heterocycles. The van der Waals surface area contributed by atoms with Crippen LogP contribution in [0.4, 0.5) is 0 Å². The third kappa shape index (κ3) is 1.53. The number of aliphatic hydroxyl groups is 2. The molecule has 0 heterocycles. The Bertz CT molecular complexity index is 316. The number of methoxy groups -OCH3 is 1. The van der Waals surface area contributed by atoms with Gasteiger partial charge in [-0.3, -0.25) is 0 Å². The van der Waals surface area contributed by atoms with Crippen molar-refractivity contribution in [2.45, 2.75) is 19.4 Å². The van der Waals surface area contributed by atoms with Crippen molar-refractivity contribution in [3.05, 3.63) is 23.5 Å². The molecular formula is C10H14O4. The second-order valence-electron chi connectivity index (χ2n) is 3.50. The second kappa shape index (κ2) is 3.46. The first kappa shape index (κ1) is 10.8. The summed E-state index contributed by atoms with van der Waals surface area (Å²) >= 11 is 0. The Morgan fingerprint density at radius 3 is 2.71 bits per heavy atom. The molecule has 14 heavy (non-hydrogen) atoms. The van der Waals surface area contributed by atoms with E-state index in [1.807, 2.05) is 0 Å². The van der Waals surface area contributed by atoms with Gasteiger partial charge in [0, 0.05) is 0 Å². The lowest BCUT2D eigenvalue weighted by atomic mass is 9.81.